The Balaban J connectivity index is 2.10. The zero-order chi connectivity index (χ0) is 13.8. The molecule has 0 aromatic heterocycles. The maximum Gasteiger partial charge on any atom is 0.0945 e. The van der Waals surface area contributed by atoms with Gasteiger partial charge in [-0.05, 0) is 32.4 Å². The quantitative estimate of drug-likeness (QED) is 0.886. The van der Waals surface area contributed by atoms with E-state index in [9.17, 15) is 5.11 Å². The number of aliphatic hydroxyl groups is 1. The molecule has 106 valence electrons. The molecule has 1 aliphatic heterocycles. The molecule has 1 heterocycles. The van der Waals surface area contributed by atoms with Gasteiger partial charge in [0.1, 0.15) is 0 Å². The van der Waals surface area contributed by atoms with Gasteiger partial charge < -0.3 is 9.84 Å². The van der Waals surface area contributed by atoms with E-state index in [-0.39, 0.29) is 12.1 Å². The van der Waals surface area contributed by atoms with Crippen LogP contribution in [0.2, 0.25) is 0 Å². The van der Waals surface area contributed by atoms with E-state index in [0.717, 1.165) is 25.0 Å². The number of hydrogen-bond donors (Lipinski definition) is 1. The van der Waals surface area contributed by atoms with Crippen LogP contribution in [-0.4, -0.2) is 41.8 Å². The lowest BCUT2D eigenvalue weighted by Crippen LogP contribution is -2.46. The standard InChI is InChI=1S/C16H25NO2/c1-4-14(16(18)13-8-6-5-7-9-13)17(3)15-10-11-19-12(15)2/h5-9,12,14-16,18H,4,10-11H2,1-3H3. The minimum atomic E-state index is -0.441. The predicted octanol–water partition coefficient (Wildman–Crippen LogP) is 2.61. The van der Waals surface area contributed by atoms with E-state index in [1.165, 1.54) is 0 Å². The highest BCUT2D eigenvalue weighted by Crippen LogP contribution is 2.28. The molecule has 4 atom stereocenters. The molecule has 0 bridgehead atoms. The van der Waals surface area contributed by atoms with Crippen LogP contribution in [0, 0.1) is 0 Å². The summed E-state index contributed by atoms with van der Waals surface area (Å²) in [5.74, 6) is 0. The van der Waals surface area contributed by atoms with Gasteiger partial charge in [-0.15, -0.1) is 0 Å². The first-order valence-corrected chi connectivity index (χ1v) is 7.21. The van der Waals surface area contributed by atoms with E-state index in [1.807, 2.05) is 30.3 Å². The highest BCUT2D eigenvalue weighted by atomic mass is 16.5. The third-order valence-corrected chi connectivity index (χ3v) is 4.31. The SMILES string of the molecule is CCC(C(O)c1ccccc1)N(C)C1CCOC1C. The molecule has 1 saturated heterocycles. The fourth-order valence-corrected chi connectivity index (χ4v) is 3.11. The lowest BCUT2D eigenvalue weighted by molar-refractivity contribution is 0.0127. The minimum Gasteiger partial charge on any atom is -0.387 e. The predicted molar refractivity (Wildman–Crippen MR) is 77.1 cm³/mol. The van der Waals surface area contributed by atoms with E-state index in [4.69, 9.17) is 4.74 Å². The maximum atomic E-state index is 10.6. The Morgan fingerprint density at radius 1 is 1.37 bits per heavy atom. The molecule has 2 rings (SSSR count). The van der Waals surface area contributed by atoms with E-state index >= 15 is 0 Å². The number of aliphatic hydroxyl groups excluding tert-OH is 1. The van der Waals surface area contributed by atoms with Gasteiger partial charge in [-0.1, -0.05) is 37.3 Å². The summed E-state index contributed by atoms with van der Waals surface area (Å²) in [5.41, 5.74) is 0.993. The Morgan fingerprint density at radius 3 is 2.58 bits per heavy atom. The summed E-state index contributed by atoms with van der Waals surface area (Å²) in [6.07, 6.45) is 1.79. The number of likely N-dealkylation sites (N-methyl/N-ethyl adjacent to an activating group) is 1. The van der Waals surface area contributed by atoms with Gasteiger partial charge in [-0.2, -0.15) is 0 Å². The molecule has 1 aromatic rings. The Morgan fingerprint density at radius 2 is 2.05 bits per heavy atom. The Bertz CT molecular complexity index is 382. The second-order valence-corrected chi connectivity index (χ2v) is 5.43. The molecular weight excluding hydrogens is 238 g/mol. The third-order valence-electron chi connectivity index (χ3n) is 4.31. The summed E-state index contributed by atoms with van der Waals surface area (Å²) < 4.78 is 5.64. The molecule has 0 saturated carbocycles. The molecule has 1 fully saturated rings. The normalized spacial score (nSPS) is 26.6. The monoisotopic (exact) mass is 263 g/mol. The number of hydrogen-bond acceptors (Lipinski definition) is 3. The second kappa shape index (κ2) is 6.51. The molecule has 4 unspecified atom stereocenters. The summed E-state index contributed by atoms with van der Waals surface area (Å²) in [5, 5.41) is 10.6. The van der Waals surface area contributed by atoms with Gasteiger partial charge in [0, 0.05) is 18.7 Å². The molecule has 0 spiro atoms. The lowest BCUT2D eigenvalue weighted by Gasteiger charge is -2.36. The van der Waals surface area contributed by atoms with Crippen molar-refractivity contribution >= 4 is 0 Å². The fraction of sp³-hybridized carbons (Fsp3) is 0.625. The van der Waals surface area contributed by atoms with E-state index in [0.29, 0.717) is 6.04 Å². The van der Waals surface area contributed by atoms with Crippen LogP contribution in [0.15, 0.2) is 30.3 Å². The van der Waals surface area contributed by atoms with Crippen molar-refractivity contribution in [2.75, 3.05) is 13.7 Å². The molecule has 1 aromatic carbocycles. The Labute approximate surface area is 116 Å². The van der Waals surface area contributed by atoms with Gasteiger partial charge >= 0.3 is 0 Å². The van der Waals surface area contributed by atoms with Crippen molar-refractivity contribution in [1.29, 1.82) is 0 Å². The van der Waals surface area contributed by atoms with Gasteiger partial charge in [0.2, 0.25) is 0 Å². The topological polar surface area (TPSA) is 32.7 Å². The average Bonchev–Trinajstić information content (AvgIpc) is 2.86. The summed E-state index contributed by atoms with van der Waals surface area (Å²) >= 11 is 0. The largest absolute Gasteiger partial charge is 0.387 e. The fourth-order valence-electron chi connectivity index (χ4n) is 3.11. The molecule has 3 nitrogen and oxygen atoms in total. The van der Waals surface area contributed by atoms with Crippen LogP contribution in [0.4, 0.5) is 0 Å². The van der Waals surface area contributed by atoms with E-state index in [1.54, 1.807) is 0 Å². The molecule has 0 aliphatic carbocycles. The zero-order valence-electron chi connectivity index (χ0n) is 12.1. The van der Waals surface area contributed by atoms with Crippen LogP contribution < -0.4 is 0 Å². The van der Waals surface area contributed by atoms with E-state index in [2.05, 4.69) is 25.8 Å². The number of rotatable bonds is 5. The molecule has 1 aliphatic rings. The van der Waals surface area contributed by atoms with Crippen LogP contribution >= 0.6 is 0 Å². The first kappa shape index (κ1) is 14.5. The van der Waals surface area contributed by atoms with Crippen molar-refractivity contribution < 1.29 is 9.84 Å². The summed E-state index contributed by atoms with van der Waals surface area (Å²) in [4.78, 5) is 2.30. The van der Waals surface area contributed by atoms with Crippen molar-refractivity contribution in [2.24, 2.45) is 0 Å². The first-order chi connectivity index (χ1) is 9.15. The summed E-state index contributed by atoms with van der Waals surface area (Å²) in [7, 11) is 2.11. The van der Waals surface area contributed by atoms with Crippen LogP contribution in [0.3, 0.4) is 0 Å². The van der Waals surface area contributed by atoms with Crippen LogP contribution in [0.1, 0.15) is 38.4 Å². The number of benzene rings is 1. The van der Waals surface area contributed by atoms with Crippen molar-refractivity contribution in [2.45, 2.75) is 51.0 Å². The van der Waals surface area contributed by atoms with Crippen LogP contribution in [-0.2, 0) is 4.74 Å². The molecule has 1 N–H and O–H groups in total. The van der Waals surface area contributed by atoms with Crippen molar-refractivity contribution in [3.8, 4) is 0 Å². The molecule has 3 heteroatoms. The van der Waals surface area contributed by atoms with Gasteiger partial charge in [0.25, 0.3) is 0 Å². The highest BCUT2D eigenvalue weighted by Gasteiger charge is 2.34. The molecule has 19 heavy (non-hydrogen) atoms. The highest BCUT2D eigenvalue weighted by molar-refractivity contribution is 5.19. The van der Waals surface area contributed by atoms with Crippen molar-refractivity contribution in [3.05, 3.63) is 35.9 Å². The third kappa shape index (κ3) is 3.16. The zero-order valence-corrected chi connectivity index (χ0v) is 12.1. The average molecular weight is 263 g/mol. The molecular formula is C16H25NO2. The van der Waals surface area contributed by atoms with Crippen molar-refractivity contribution in [1.82, 2.24) is 4.90 Å². The maximum absolute atomic E-state index is 10.6. The minimum absolute atomic E-state index is 0.136. The van der Waals surface area contributed by atoms with Gasteiger partial charge in [-0.25, -0.2) is 0 Å². The van der Waals surface area contributed by atoms with Crippen LogP contribution in [0.25, 0.3) is 0 Å². The summed E-state index contributed by atoms with van der Waals surface area (Å²) in [6, 6.07) is 10.5. The van der Waals surface area contributed by atoms with Crippen molar-refractivity contribution in [3.63, 3.8) is 0 Å². The van der Waals surface area contributed by atoms with Gasteiger partial charge in [0.15, 0.2) is 0 Å². The molecule has 0 amide bonds. The Hall–Kier alpha value is -0.900. The van der Waals surface area contributed by atoms with Crippen LogP contribution in [0.5, 0.6) is 0 Å². The number of nitrogens with zero attached hydrogens (tertiary/aromatic N) is 1. The molecule has 0 radical (unpaired) electrons. The lowest BCUT2D eigenvalue weighted by atomic mass is 9.96. The van der Waals surface area contributed by atoms with Gasteiger partial charge in [0.05, 0.1) is 12.2 Å². The van der Waals surface area contributed by atoms with Gasteiger partial charge in [-0.3, -0.25) is 4.90 Å². The Kier molecular flexibility index (Phi) is 4.97. The number of ether oxygens (including phenoxy) is 1. The first-order valence-electron chi connectivity index (χ1n) is 7.21. The summed E-state index contributed by atoms with van der Waals surface area (Å²) in [6.45, 7) is 5.08. The second-order valence-electron chi connectivity index (χ2n) is 5.43. The smallest absolute Gasteiger partial charge is 0.0945 e. The van der Waals surface area contributed by atoms with E-state index < -0.39 is 6.10 Å².